The molecule has 3 aliphatic heterocycles. The molecule has 0 aromatic heterocycles. The van der Waals surface area contributed by atoms with Crippen LogP contribution in [0.5, 0.6) is 0 Å². The van der Waals surface area contributed by atoms with Crippen molar-refractivity contribution in [3.63, 3.8) is 0 Å². The maximum Gasteiger partial charge on any atom is 0.335 e. The van der Waals surface area contributed by atoms with Gasteiger partial charge in [-0.25, -0.2) is 0 Å². The molecular weight excluding hydrogens is 195 g/mol. The van der Waals surface area contributed by atoms with Crippen LogP contribution in [0.15, 0.2) is 0 Å². The average Bonchev–Trinajstić information content (AvgIpc) is 2.84. The van der Waals surface area contributed by atoms with Crippen LogP contribution >= 0.6 is 0 Å². The highest BCUT2D eigenvalue weighted by atomic mass is 16.4. The molecule has 0 aromatic carbocycles. The zero-order chi connectivity index (χ0) is 10.6. The third-order valence-electron chi connectivity index (χ3n) is 4.17. The van der Waals surface area contributed by atoms with Crippen molar-refractivity contribution < 1.29 is 14.8 Å². The first-order chi connectivity index (χ1) is 7.12. The van der Waals surface area contributed by atoms with Crippen LogP contribution < -0.4 is 0 Å². The molecule has 84 valence electrons. The van der Waals surface area contributed by atoms with E-state index in [1.54, 1.807) is 9.71 Å². The summed E-state index contributed by atoms with van der Waals surface area (Å²) in [6.45, 7) is -1.16. The van der Waals surface area contributed by atoms with Gasteiger partial charge in [-0.05, 0) is 31.7 Å². The number of nitrogens with zero attached hydrogens (tertiary/aromatic N) is 2. The number of carbonyl (C=O) groups is 1. The Morgan fingerprint density at radius 3 is 2.73 bits per heavy atom. The maximum absolute atomic E-state index is 12.0. The Kier molecular flexibility index (Phi) is 1.90. The summed E-state index contributed by atoms with van der Waals surface area (Å²) in [6, 6.07) is -0.269. The van der Waals surface area contributed by atoms with Crippen LogP contribution in [0.3, 0.4) is 0 Å². The van der Waals surface area contributed by atoms with E-state index in [0.717, 1.165) is 25.7 Å². The molecular formula is C9H16BN2O3-. The second-order valence-corrected chi connectivity index (χ2v) is 4.93. The number of rotatable bonds is 0. The number of fused-ring (bicyclic) bond motifs is 2. The Balaban J connectivity index is 1.99. The molecule has 5 nitrogen and oxygen atoms in total. The predicted octanol–water partition coefficient (Wildman–Crippen LogP) is -1.08. The molecule has 0 spiro atoms. The van der Waals surface area contributed by atoms with Crippen LogP contribution in [0.2, 0.25) is 0 Å². The Morgan fingerprint density at radius 1 is 1.20 bits per heavy atom. The highest BCUT2D eigenvalue weighted by Gasteiger charge is 2.53. The van der Waals surface area contributed by atoms with Gasteiger partial charge >= 0.3 is 6.69 Å². The van der Waals surface area contributed by atoms with E-state index in [1.807, 2.05) is 0 Å². The summed E-state index contributed by atoms with van der Waals surface area (Å²) in [5.74, 6) is -0.248. The molecule has 3 fully saturated rings. The van der Waals surface area contributed by atoms with E-state index in [0.29, 0.717) is 13.1 Å². The zero-order valence-corrected chi connectivity index (χ0v) is 8.67. The Labute approximate surface area is 88.7 Å². The van der Waals surface area contributed by atoms with Gasteiger partial charge in [-0.1, -0.05) is 6.42 Å². The van der Waals surface area contributed by atoms with Gasteiger partial charge in [0.05, 0.1) is 6.04 Å². The summed E-state index contributed by atoms with van der Waals surface area (Å²) in [4.78, 5) is 15.4. The van der Waals surface area contributed by atoms with Crippen LogP contribution in [0.1, 0.15) is 25.7 Å². The molecule has 0 aromatic rings. The zero-order valence-electron chi connectivity index (χ0n) is 8.67. The number of amides is 1. The van der Waals surface area contributed by atoms with Gasteiger partial charge in [0.25, 0.3) is 0 Å². The molecule has 0 aliphatic carbocycles. The van der Waals surface area contributed by atoms with Crippen molar-refractivity contribution in [2.75, 3.05) is 13.1 Å². The van der Waals surface area contributed by atoms with Gasteiger partial charge in [-0.2, -0.15) is 0 Å². The molecule has 3 saturated heterocycles. The monoisotopic (exact) mass is 211 g/mol. The summed E-state index contributed by atoms with van der Waals surface area (Å²) in [6.07, 6.45) is 3.28. The van der Waals surface area contributed by atoms with Crippen molar-refractivity contribution in [2.45, 2.75) is 37.7 Å². The Hall–Kier alpha value is -0.585. The molecule has 0 radical (unpaired) electrons. The van der Waals surface area contributed by atoms with E-state index in [4.69, 9.17) is 0 Å². The predicted molar refractivity (Wildman–Crippen MR) is 54.7 cm³/mol. The maximum atomic E-state index is 12.0. The van der Waals surface area contributed by atoms with Gasteiger partial charge in [-0.3, -0.25) is 4.79 Å². The third kappa shape index (κ3) is 1.13. The summed E-state index contributed by atoms with van der Waals surface area (Å²) < 4.78 is 0. The first kappa shape index (κ1) is 9.63. The Morgan fingerprint density at radius 2 is 1.93 bits per heavy atom. The van der Waals surface area contributed by atoms with Gasteiger partial charge < -0.3 is 19.8 Å². The van der Waals surface area contributed by atoms with Gasteiger partial charge in [0.2, 0.25) is 5.91 Å². The lowest BCUT2D eigenvalue weighted by Crippen LogP contribution is -2.74. The van der Waals surface area contributed by atoms with Gasteiger partial charge in [0.15, 0.2) is 0 Å². The molecule has 3 heterocycles. The van der Waals surface area contributed by atoms with Crippen LogP contribution in [0, 0.1) is 0 Å². The van der Waals surface area contributed by atoms with Gasteiger partial charge in [-0.15, -0.1) is 0 Å². The van der Waals surface area contributed by atoms with Crippen molar-refractivity contribution in [3.8, 4) is 0 Å². The molecule has 0 bridgehead atoms. The van der Waals surface area contributed by atoms with Crippen LogP contribution in [-0.4, -0.2) is 57.4 Å². The molecule has 15 heavy (non-hydrogen) atoms. The lowest BCUT2D eigenvalue weighted by Gasteiger charge is -2.54. The van der Waals surface area contributed by atoms with Crippen molar-refractivity contribution in [1.29, 1.82) is 0 Å². The summed E-state index contributed by atoms with van der Waals surface area (Å²) in [5.41, 5.74) is 0. The summed E-state index contributed by atoms with van der Waals surface area (Å²) in [5, 5.41) is 20.4. The molecule has 2 atom stereocenters. The molecule has 3 rings (SSSR count). The minimum atomic E-state index is -2.50. The van der Waals surface area contributed by atoms with Crippen LogP contribution in [0.4, 0.5) is 0 Å². The summed E-state index contributed by atoms with van der Waals surface area (Å²) in [7, 11) is 0. The van der Waals surface area contributed by atoms with E-state index in [1.165, 1.54) is 0 Å². The smallest absolute Gasteiger partial charge is 0.335 e. The number of hydrogen-bond donors (Lipinski definition) is 2. The highest BCUT2D eigenvalue weighted by molar-refractivity contribution is 6.64. The van der Waals surface area contributed by atoms with Gasteiger partial charge in [0, 0.05) is 6.54 Å². The largest absolute Gasteiger partial charge is 0.569 e. The minimum Gasteiger partial charge on any atom is -0.569 e. The SMILES string of the molecule is O=C1[C@@H]2CCCN2[B-](O)(O)[C@@H]2CCCN12. The molecule has 2 N–H and O–H groups in total. The lowest BCUT2D eigenvalue weighted by atomic mass is 9.58. The highest BCUT2D eigenvalue weighted by Crippen LogP contribution is 2.36. The summed E-state index contributed by atoms with van der Waals surface area (Å²) >= 11 is 0. The van der Waals surface area contributed by atoms with E-state index >= 15 is 0 Å². The quantitative estimate of drug-likeness (QED) is 0.500. The standard InChI is InChI=1S/C9H16BN2O3/c13-9-7-3-1-6-12(7)10(14,15)8-4-2-5-11(8)9/h7-8,14-15H,1-6H2/q-1/t7-,8-/m0/s1. The third-order valence-corrected chi connectivity index (χ3v) is 4.17. The molecule has 0 saturated carbocycles. The van der Waals surface area contributed by atoms with E-state index in [9.17, 15) is 14.8 Å². The van der Waals surface area contributed by atoms with E-state index in [-0.39, 0.29) is 17.9 Å². The first-order valence-corrected chi connectivity index (χ1v) is 5.79. The molecule has 1 amide bonds. The lowest BCUT2D eigenvalue weighted by molar-refractivity contribution is -0.138. The number of hydrogen-bond acceptors (Lipinski definition) is 4. The topological polar surface area (TPSA) is 64.0 Å². The van der Waals surface area contributed by atoms with Crippen molar-refractivity contribution in [2.24, 2.45) is 0 Å². The normalized spacial score (nSPS) is 39.3. The molecule has 6 heteroatoms. The minimum absolute atomic E-state index is 0.107. The Bertz CT molecular complexity index is 284. The molecule has 0 unspecified atom stereocenters. The van der Waals surface area contributed by atoms with Crippen molar-refractivity contribution >= 4 is 12.6 Å². The fourth-order valence-corrected chi connectivity index (χ4v) is 3.45. The van der Waals surface area contributed by atoms with E-state index in [2.05, 4.69) is 0 Å². The number of carbonyl (C=O) groups excluding carboxylic acids is 1. The first-order valence-electron chi connectivity index (χ1n) is 5.79. The fraction of sp³-hybridized carbons (Fsp3) is 0.889. The second-order valence-electron chi connectivity index (χ2n) is 4.93. The fourth-order valence-electron chi connectivity index (χ4n) is 3.45. The second kappa shape index (κ2) is 2.96. The average molecular weight is 211 g/mol. The van der Waals surface area contributed by atoms with Gasteiger partial charge in [0.1, 0.15) is 0 Å². The van der Waals surface area contributed by atoms with Crippen LogP contribution in [0.25, 0.3) is 0 Å². The van der Waals surface area contributed by atoms with Crippen LogP contribution in [-0.2, 0) is 4.79 Å². The molecule has 3 aliphatic rings. The van der Waals surface area contributed by atoms with Crippen molar-refractivity contribution in [3.05, 3.63) is 0 Å². The van der Waals surface area contributed by atoms with E-state index < -0.39 is 6.69 Å². The van der Waals surface area contributed by atoms with Crippen molar-refractivity contribution in [1.82, 2.24) is 9.71 Å².